The van der Waals surface area contributed by atoms with Gasteiger partial charge in [-0.05, 0) is 39.8 Å². The molecule has 1 rings (SSSR count). The van der Waals surface area contributed by atoms with Crippen LogP contribution in [0.25, 0.3) is 0 Å². The van der Waals surface area contributed by atoms with E-state index in [1.165, 1.54) is 0 Å². The zero-order chi connectivity index (χ0) is 9.52. The van der Waals surface area contributed by atoms with Crippen LogP contribution in [0.2, 0.25) is 0 Å². The van der Waals surface area contributed by atoms with E-state index in [0.717, 1.165) is 39.1 Å². The van der Waals surface area contributed by atoms with Crippen molar-refractivity contribution >= 4 is 0 Å². The zero-order valence-electron chi connectivity index (χ0n) is 8.71. The predicted molar refractivity (Wildman–Crippen MR) is 52.9 cm³/mol. The summed E-state index contributed by atoms with van der Waals surface area (Å²) < 4.78 is 11.1. The molecule has 0 spiro atoms. The molecular formula is C10H21NO2. The average Bonchev–Trinajstić information content (AvgIpc) is 2.17. The van der Waals surface area contributed by atoms with E-state index in [4.69, 9.17) is 9.47 Å². The summed E-state index contributed by atoms with van der Waals surface area (Å²) in [6.07, 6.45) is 2.96. The summed E-state index contributed by atoms with van der Waals surface area (Å²) in [6, 6.07) is 0. The molecule has 1 fully saturated rings. The fourth-order valence-corrected chi connectivity index (χ4v) is 1.57. The fourth-order valence-electron chi connectivity index (χ4n) is 1.57. The van der Waals surface area contributed by atoms with Gasteiger partial charge in [0.15, 0.2) is 0 Å². The highest BCUT2D eigenvalue weighted by molar-refractivity contribution is 4.68. The third-order valence-electron chi connectivity index (χ3n) is 2.30. The molecule has 0 aromatic carbocycles. The molecule has 13 heavy (non-hydrogen) atoms. The van der Waals surface area contributed by atoms with E-state index in [2.05, 4.69) is 12.2 Å². The van der Waals surface area contributed by atoms with Crippen LogP contribution in [0.3, 0.4) is 0 Å². The topological polar surface area (TPSA) is 30.5 Å². The molecule has 1 atom stereocenters. The second-order valence-corrected chi connectivity index (χ2v) is 3.55. The van der Waals surface area contributed by atoms with Gasteiger partial charge in [-0.3, -0.25) is 0 Å². The van der Waals surface area contributed by atoms with E-state index in [9.17, 15) is 0 Å². The number of ether oxygens (including phenoxy) is 2. The number of piperidine rings is 1. The molecule has 78 valence electrons. The zero-order valence-corrected chi connectivity index (χ0v) is 8.71. The maximum absolute atomic E-state index is 5.73. The van der Waals surface area contributed by atoms with Gasteiger partial charge in [-0.25, -0.2) is 0 Å². The lowest BCUT2D eigenvalue weighted by atomic mass is 10.1. The molecule has 0 aromatic rings. The predicted octanol–water partition coefficient (Wildman–Crippen LogP) is 1.18. The summed E-state index contributed by atoms with van der Waals surface area (Å²) in [5.74, 6) is 0. The molecule has 1 aliphatic heterocycles. The highest BCUT2D eigenvalue weighted by Crippen LogP contribution is 2.08. The molecule has 0 amide bonds. The maximum Gasteiger partial charge on any atom is 0.0780 e. The first-order valence-electron chi connectivity index (χ1n) is 5.27. The summed E-state index contributed by atoms with van der Waals surface area (Å²) in [4.78, 5) is 0. The van der Waals surface area contributed by atoms with Gasteiger partial charge in [-0.15, -0.1) is 0 Å². The van der Waals surface area contributed by atoms with Crippen LogP contribution in [0.4, 0.5) is 0 Å². The van der Waals surface area contributed by atoms with Crippen LogP contribution >= 0.6 is 0 Å². The lowest BCUT2D eigenvalue weighted by Crippen LogP contribution is -2.34. The summed E-state index contributed by atoms with van der Waals surface area (Å²) in [5.41, 5.74) is 0. The van der Waals surface area contributed by atoms with Crippen LogP contribution in [-0.4, -0.2) is 38.5 Å². The van der Waals surface area contributed by atoms with E-state index < -0.39 is 0 Å². The molecular weight excluding hydrogens is 166 g/mol. The summed E-state index contributed by atoms with van der Waals surface area (Å²) in [6.45, 7) is 7.77. The number of rotatable bonds is 5. The van der Waals surface area contributed by atoms with Gasteiger partial charge in [0, 0.05) is 6.61 Å². The van der Waals surface area contributed by atoms with Crippen molar-refractivity contribution in [2.75, 3.05) is 26.3 Å². The number of hydrogen-bond donors (Lipinski definition) is 1. The molecule has 1 aliphatic rings. The van der Waals surface area contributed by atoms with Crippen molar-refractivity contribution in [2.24, 2.45) is 0 Å². The van der Waals surface area contributed by atoms with Crippen molar-refractivity contribution < 1.29 is 9.47 Å². The van der Waals surface area contributed by atoms with Gasteiger partial charge >= 0.3 is 0 Å². The van der Waals surface area contributed by atoms with Gasteiger partial charge in [0.2, 0.25) is 0 Å². The summed E-state index contributed by atoms with van der Waals surface area (Å²) >= 11 is 0. The quantitative estimate of drug-likeness (QED) is 0.701. The van der Waals surface area contributed by atoms with Crippen LogP contribution in [0.15, 0.2) is 0 Å². The number of nitrogens with one attached hydrogen (secondary N) is 1. The minimum absolute atomic E-state index is 0.236. The van der Waals surface area contributed by atoms with Crippen LogP contribution < -0.4 is 5.32 Å². The first-order valence-corrected chi connectivity index (χ1v) is 5.27. The van der Waals surface area contributed by atoms with Crippen molar-refractivity contribution in [3.05, 3.63) is 0 Å². The highest BCUT2D eigenvalue weighted by Gasteiger charge is 2.14. The molecule has 0 bridgehead atoms. The third kappa shape index (κ3) is 4.60. The second-order valence-electron chi connectivity index (χ2n) is 3.55. The SMILES string of the molecule is CCOC(C)COC1CCNCC1. The molecule has 1 heterocycles. The van der Waals surface area contributed by atoms with Crippen LogP contribution in [0.5, 0.6) is 0 Å². The van der Waals surface area contributed by atoms with Crippen molar-refractivity contribution in [2.45, 2.75) is 38.9 Å². The molecule has 1 saturated heterocycles. The first-order chi connectivity index (χ1) is 6.33. The van der Waals surface area contributed by atoms with Gasteiger partial charge < -0.3 is 14.8 Å². The van der Waals surface area contributed by atoms with Gasteiger partial charge in [0.1, 0.15) is 0 Å². The Bertz CT molecular complexity index is 124. The van der Waals surface area contributed by atoms with E-state index in [0.29, 0.717) is 6.10 Å². The Labute approximate surface area is 80.8 Å². The normalized spacial score (nSPS) is 21.7. The molecule has 1 unspecified atom stereocenters. The first kappa shape index (κ1) is 11.0. The highest BCUT2D eigenvalue weighted by atomic mass is 16.5. The Morgan fingerprint density at radius 2 is 2.08 bits per heavy atom. The summed E-state index contributed by atoms with van der Waals surface area (Å²) in [7, 11) is 0. The molecule has 0 aliphatic carbocycles. The van der Waals surface area contributed by atoms with Crippen molar-refractivity contribution in [1.82, 2.24) is 5.32 Å². The van der Waals surface area contributed by atoms with Gasteiger partial charge in [-0.2, -0.15) is 0 Å². The molecule has 3 heteroatoms. The molecule has 3 nitrogen and oxygen atoms in total. The van der Waals surface area contributed by atoms with Crippen molar-refractivity contribution in [3.8, 4) is 0 Å². The van der Waals surface area contributed by atoms with Gasteiger partial charge in [0.05, 0.1) is 18.8 Å². The van der Waals surface area contributed by atoms with E-state index in [1.54, 1.807) is 0 Å². The fraction of sp³-hybridized carbons (Fsp3) is 1.00. The monoisotopic (exact) mass is 187 g/mol. The van der Waals surface area contributed by atoms with E-state index in [1.807, 2.05) is 6.92 Å². The smallest absolute Gasteiger partial charge is 0.0780 e. The van der Waals surface area contributed by atoms with Crippen LogP contribution in [0.1, 0.15) is 26.7 Å². The van der Waals surface area contributed by atoms with Crippen molar-refractivity contribution in [1.29, 1.82) is 0 Å². The molecule has 0 aromatic heterocycles. The van der Waals surface area contributed by atoms with Crippen molar-refractivity contribution in [3.63, 3.8) is 0 Å². The minimum Gasteiger partial charge on any atom is -0.376 e. The molecule has 0 radical (unpaired) electrons. The Kier molecular flexibility index (Phi) is 5.35. The lowest BCUT2D eigenvalue weighted by Gasteiger charge is -2.24. The second kappa shape index (κ2) is 6.35. The lowest BCUT2D eigenvalue weighted by molar-refractivity contribution is -0.0412. The Morgan fingerprint density at radius 3 is 2.69 bits per heavy atom. The Balaban J connectivity index is 2.03. The Hall–Kier alpha value is -0.120. The third-order valence-corrected chi connectivity index (χ3v) is 2.30. The summed E-state index contributed by atoms with van der Waals surface area (Å²) in [5, 5.41) is 3.32. The number of hydrogen-bond acceptors (Lipinski definition) is 3. The molecule has 1 N–H and O–H groups in total. The standard InChI is InChI=1S/C10H21NO2/c1-3-12-9(2)8-13-10-4-6-11-7-5-10/h9-11H,3-8H2,1-2H3. The van der Waals surface area contributed by atoms with Crippen LogP contribution in [0, 0.1) is 0 Å². The van der Waals surface area contributed by atoms with E-state index in [-0.39, 0.29) is 6.10 Å². The minimum atomic E-state index is 0.236. The van der Waals surface area contributed by atoms with Gasteiger partial charge in [0.25, 0.3) is 0 Å². The Morgan fingerprint density at radius 1 is 1.38 bits per heavy atom. The average molecular weight is 187 g/mol. The van der Waals surface area contributed by atoms with E-state index >= 15 is 0 Å². The largest absolute Gasteiger partial charge is 0.376 e. The maximum atomic E-state index is 5.73. The van der Waals surface area contributed by atoms with Crippen LogP contribution in [-0.2, 0) is 9.47 Å². The van der Waals surface area contributed by atoms with Gasteiger partial charge in [-0.1, -0.05) is 0 Å². The molecule has 0 saturated carbocycles.